The molecule has 5 heteroatoms. The van der Waals surface area contributed by atoms with Crippen LogP contribution < -0.4 is 10.6 Å². The van der Waals surface area contributed by atoms with Gasteiger partial charge >= 0.3 is 6.03 Å². The highest BCUT2D eigenvalue weighted by Crippen LogP contribution is 2.33. The van der Waals surface area contributed by atoms with Gasteiger partial charge in [0.1, 0.15) is 0 Å². The van der Waals surface area contributed by atoms with Crippen LogP contribution in [-0.4, -0.2) is 36.0 Å². The third-order valence-corrected chi connectivity index (χ3v) is 4.98. The Morgan fingerprint density at radius 1 is 1.08 bits per heavy atom. The van der Waals surface area contributed by atoms with Gasteiger partial charge in [-0.05, 0) is 50.1 Å². The van der Waals surface area contributed by atoms with Gasteiger partial charge < -0.3 is 15.5 Å². The predicted octanol–water partition coefficient (Wildman–Crippen LogP) is 3.85. The first-order valence-electron chi connectivity index (χ1n) is 9.11. The molecule has 2 aromatic carbocycles. The van der Waals surface area contributed by atoms with E-state index in [2.05, 4.69) is 29.7 Å². The van der Waals surface area contributed by atoms with Crippen LogP contribution >= 0.6 is 0 Å². The summed E-state index contributed by atoms with van der Waals surface area (Å²) in [6, 6.07) is 17.4. The van der Waals surface area contributed by atoms with E-state index in [0.717, 1.165) is 13.0 Å². The van der Waals surface area contributed by atoms with Crippen LogP contribution in [0.3, 0.4) is 0 Å². The Hall–Kier alpha value is -2.82. The molecule has 5 nitrogen and oxygen atoms in total. The lowest BCUT2D eigenvalue weighted by atomic mass is 9.93. The molecule has 1 saturated heterocycles. The van der Waals surface area contributed by atoms with Gasteiger partial charge in [0.05, 0.1) is 0 Å². The average molecular weight is 351 g/mol. The van der Waals surface area contributed by atoms with E-state index in [1.165, 1.54) is 5.56 Å². The standard InChI is InChI=1S/C21H25N3O2/c1-3-22-20(25)17-9-11-18(12-10-17)23-21(26)24-14-13-19(15(24)2)16-7-5-4-6-8-16/h4-12,15,19H,3,13-14H2,1-2H3,(H,22,25)(H,23,26). The second-order valence-electron chi connectivity index (χ2n) is 6.61. The van der Waals surface area contributed by atoms with Crippen molar-refractivity contribution in [2.45, 2.75) is 32.2 Å². The van der Waals surface area contributed by atoms with Crippen molar-refractivity contribution in [2.75, 3.05) is 18.4 Å². The van der Waals surface area contributed by atoms with Crippen molar-refractivity contribution in [3.05, 3.63) is 65.7 Å². The van der Waals surface area contributed by atoms with Crippen LogP contribution in [0, 0.1) is 0 Å². The third kappa shape index (κ3) is 3.87. The van der Waals surface area contributed by atoms with Crippen LogP contribution in [0.5, 0.6) is 0 Å². The van der Waals surface area contributed by atoms with Crippen LogP contribution in [0.2, 0.25) is 0 Å². The molecule has 1 aliphatic heterocycles. The molecule has 1 aliphatic rings. The van der Waals surface area contributed by atoms with Gasteiger partial charge in [0.25, 0.3) is 5.91 Å². The number of likely N-dealkylation sites (tertiary alicyclic amines) is 1. The molecule has 2 N–H and O–H groups in total. The number of benzene rings is 2. The third-order valence-electron chi connectivity index (χ3n) is 4.98. The highest BCUT2D eigenvalue weighted by molar-refractivity contribution is 5.95. The zero-order valence-corrected chi connectivity index (χ0v) is 15.2. The van der Waals surface area contributed by atoms with Crippen LogP contribution in [0.25, 0.3) is 0 Å². The number of hydrogen-bond acceptors (Lipinski definition) is 2. The molecule has 26 heavy (non-hydrogen) atoms. The Bertz CT molecular complexity index is 759. The fourth-order valence-electron chi connectivity index (χ4n) is 3.53. The molecule has 0 spiro atoms. The molecule has 1 fully saturated rings. The van der Waals surface area contributed by atoms with Gasteiger partial charge in [0.15, 0.2) is 0 Å². The molecule has 2 aromatic rings. The van der Waals surface area contributed by atoms with Crippen molar-refractivity contribution in [1.82, 2.24) is 10.2 Å². The highest BCUT2D eigenvalue weighted by atomic mass is 16.2. The number of hydrogen-bond donors (Lipinski definition) is 2. The summed E-state index contributed by atoms with van der Waals surface area (Å²) >= 11 is 0. The van der Waals surface area contributed by atoms with Crippen LogP contribution in [0.15, 0.2) is 54.6 Å². The Morgan fingerprint density at radius 2 is 1.77 bits per heavy atom. The molecule has 2 unspecified atom stereocenters. The second-order valence-corrected chi connectivity index (χ2v) is 6.61. The first kappa shape index (κ1) is 18.0. The normalized spacial score (nSPS) is 19.2. The summed E-state index contributed by atoms with van der Waals surface area (Å²) in [6.45, 7) is 5.31. The number of nitrogens with one attached hydrogen (secondary N) is 2. The molecular weight excluding hydrogens is 326 g/mol. The molecule has 0 saturated carbocycles. The van der Waals surface area contributed by atoms with Gasteiger partial charge in [-0.2, -0.15) is 0 Å². The van der Waals surface area contributed by atoms with Crippen molar-refractivity contribution in [3.8, 4) is 0 Å². The summed E-state index contributed by atoms with van der Waals surface area (Å²) < 4.78 is 0. The fourth-order valence-corrected chi connectivity index (χ4v) is 3.53. The molecule has 3 amide bonds. The molecular formula is C21H25N3O2. The Morgan fingerprint density at radius 3 is 2.42 bits per heavy atom. The largest absolute Gasteiger partial charge is 0.352 e. The molecule has 0 bridgehead atoms. The van der Waals surface area contributed by atoms with Crippen LogP contribution in [0.4, 0.5) is 10.5 Å². The van der Waals surface area contributed by atoms with Gasteiger partial charge in [0, 0.05) is 36.3 Å². The number of anilines is 1. The monoisotopic (exact) mass is 351 g/mol. The predicted molar refractivity (Wildman–Crippen MR) is 103 cm³/mol. The molecule has 2 atom stereocenters. The van der Waals surface area contributed by atoms with E-state index in [4.69, 9.17) is 0 Å². The highest BCUT2D eigenvalue weighted by Gasteiger charge is 2.34. The lowest BCUT2D eigenvalue weighted by Gasteiger charge is -2.25. The second kappa shape index (κ2) is 8.04. The summed E-state index contributed by atoms with van der Waals surface area (Å²) in [6.07, 6.45) is 0.967. The number of carbonyl (C=O) groups is 2. The lowest BCUT2D eigenvalue weighted by Crippen LogP contribution is -2.38. The topological polar surface area (TPSA) is 61.4 Å². The zero-order chi connectivity index (χ0) is 18.5. The summed E-state index contributed by atoms with van der Waals surface area (Å²) in [7, 11) is 0. The summed E-state index contributed by atoms with van der Waals surface area (Å²) in [5, 5.41) is 5.70. The minimum Gasteiger partial charge on any atom is -0.352 e. The first-order chi connectivity index (χ1) is 12.6. The lowest BCUT2D eigenvalue weighted by molar-refractivity contribution is 0.0956. The minimum atomic E-state index is -0.107. The summed E-state index contributed by atoms with van der Waals surface area (Å²) in [4.78, 5) is 26.3. The average Bonchev–Trinajstić information content (AvgIpc) is 3.05. The van der Waals surface area contributed by atoms with E-state index in [-0.39, 0.29) is 18.0 Å². The van der Waals surface area contributed by atoms with E-state index < -0.39 is 0 Å². The number of rotatable bonds is 4. The molecule has 1 heterocycles. The van der Waals surface area contributed by atoms with Crippen molar-refractivity contribution >= 4 is 17.6 Å². The van der Waals surface area contributed by atoms with Crippen molar-refractivity contribution in [1.29, 1.82) is 0 Å². The van der Waals surface area contributed by atoms with Crippen LogP contribution in [0.1, 0.15) is 42.1 Å². The van der Waals surface area contributed by atoms with Gasteiger partial charge in [-0.1, -0.05) is 30.3 Å². The maximum absolute atomic E-state index is 12.7. The Kier molecular flexibility index (Phi) is 5.56. The number of urea groups is 1. The zero-order valence-electron chi connectivity index (χ0n) is 15.2. The Labute approximate surface area is 154 Å². The molecule has 136 valence electrons. The quantitative estimate of drug-likeness (QED) is 0.879. The molecule has 0 aliphatic carbocycles. The van der Waals surface area contributed by atoms with E-state index >= 15 is 0 Å². The number of nitrogens with zero attached hydrogens (tertiary/aromatic N) is 1. The maximum atomic E-state index is 12.7. The van der Waals surface area contributed by atoms with E-state index in [1.807, 2.05) is 30.0 Å². The number of carbonyl (C=O) groups excluding carboxylic acids is 2. The van der Waals surface area contributed by atoms with E-state index in [0.29, 0.717) is 23.7 Å². The summed E-state index contributed by atoms with van der Waals surface area (Å²) in [5.74, 6) is 0.256. The van der Waals surface area contributed by atoms with Gasteiger partial charge in [-0.15, -0.1) is 0 Å². The maximum Gasteiger partial charge on any atom is 0.322 e. The fraction of sp³-hybridized carbons (Fsp3) is 0.333. The molecule has 0 radical (unpaired) electrons. The molecule has 3 rings (SSSR count). The van der Waals surface area contributed by atoms with Gasteiger partial charge in [-0.3, -0.25) is 4.79 Å². The number of amides is 3. The van der Waals surface area contributed by atoms with Crippen LogP contribution in [-0.2, 0) is 0 Å². The summed E-state index contributed by atoms with van der Waals surface area (Å²) in [5.41, 5.74) is 2.56. The SMILES string of the molecule is CCNC(=O)c1ccc(NC(=O)N2CCC(c3ccccc3)C2C)cc1. The van der Waals surface area contributed by atoms with Crippen molar-refractivity contribution in [3.63, 3.8) is 0 Å². The minimum absolute atomic E-state index is 0.0957. The van der Waals surface area contributed by atoms with Crippen molar-refractivity contribution < 1.29 is 9.59 Å². The van der Waals surface area contributed by atoms with Crippen molar-refractivity contribution in [2.24, 2.45) is 0 Å². The van der Waals surface area contributed by atoms with E-state index in [1.54, 1.807) is 24.3 Å². The van der Waals surface area contributed by atoms with Gasteiger partial charge in [-0.25, -0.2) is 4.79 Å². The smallest absolute Gasteiger partial charge is 0.322 e. The Balaban J connectivity index is 1.62. The van der Waals surface area contributed by atoms with E-state index in [9.17, 15) is 9.59 Å². The first-order valence-corrected chi connectivity index (χ1v) is 9.11. The van der Waals surface area contributed by atoms with Gasteiger partial charge in [0.2, 0.25) is 0 Å². The molecule has 0 aromatic heterocycles.